The van der Waals surface area contributed by atoms with Crippen LogP contribution in [0, 0.1) is 0 Å². The molecular weight excluding hydrogens is 214 g/mol. The zero-order valence-corrected chi connectivity index (χ0v) is 10.0. The number of carbonyl (C=O) groups is 1. The molecule has 0 aromatic carbocycles. The van der Waals surface area contributed by atoms with Gasteiger partial charge in [-0.05, 0) is 13.3 Å². The maximum Gasteiger partial charge on any atom is 0.255 e. The van der Waals surface area contributed by atoms with E-state index in [1.165, 1.54) is 0 Å². The Morgan fingerprint density at radius 2 is 2.40 bits per heavy atom. The van der Waals surface area contributed by atoms with E-state index in [0.717, 1.165) is 12.1 Å². The number of hydrogen-bond donors (Lipinski definition) is 1. The predicted octanol–water partition coefficient (Wildman–Crippen LogP) is 1.34. The maximum absolute atomic E-state index is 11.8. The average Bonchev–Trinajstić information content (AvgIpc) is 2.59. The van der Waals surface area contributed by atoms with Crippen molar-refractivity contribution in [2.75, 3.05) is 5.88 Å². The monoisotopic (exact) mass is 229 g/mol. The van der Waals surface area contributed by atoms with Crippen molar-refractivity contribution in [3.05, 3.63) is 17.5 Å². The fourth-order valence-corrected chi connectivity index (χ4v) is 1.40. The van der Waals surface area contributed by atoms with Crippen LogP contribution < -0.4 is 5.32 Å². The number of carbonyl (C=O) groups excluding carboxylic acids is 1. The third kappa shape index (κ3) is 2.96. The second-order valence-corrected chi connectivity index (χ2v) is 3.85. The Labute approximate surface area is 94.6 Å². The second-order valence-electron chi connectivity index (χ2n) is 3.55. The lowest BCUT2D eigenvalue weighted by atomic mass is 10.2. The Kier molecular flexibility index (Phi) is 4.15. The Morgan fingerprint density at radius 1 is 1.73 bits per heavy atom. The molecule has 1 unspecified atom stereocenters. The highest BCUT2D eigenvalue weighted by molar-refractivity contribution is 6.18. The van der Waals surface area contributed by atoms with Gasteiger partial charge in [-0.15, -0.1) is 11.6 Å². The van der Waals surface area contributed by atoms with Crippen molar-refractivity contribution in [2.45, 2.75) is 26.3 Å². The van der Waals surface area contributed by atoms with Crippen LogP contribution in [0.4, 0.5) is 0 Å². The third-order valence-corrected chi connectivity index (χ3v) is 2.56. The van der Waals surface area contributed by atoms with Gasteiger partial charge < -0.3 is 5.32 Å². The average molecular weight is 230 g/mol. The third-order valence-electron chi connectivity index (χ3n) is 2.09. The van der Waals surface area contributed by atoms with Gasteiger partial charge in [0.15, 0.2) is 0 Å². The molecule has 1 heterocycles. The van der Waals surface area contributed by atoms with Crippen molar-refractivity contribution in [1.29, 1.82) is 0 Å². The van der Waals surface area contributed by atoms with Gasteiger partial charge in [0, 0.05) is 25.2 Å². The molecule has 84 valence electrons. The molecule has 0 saturated carbocycles. The van der Waals surface area contributed by atoms with E-state index in [-0.39, 0.29) is 11.9 Å². The van der Waals surface area contributed by atoms with Crippen molar-refractivity contribution in [3.63, 3.8) is 0 Å². The van der Waals surface area contributed by atoms with Gasteiger partial charge in [-0.3, -0.25) is 9.48 Å². The van der Waals surface area contributed by atoms with Crippen LogP contribution >= 0.6 is 11.6 Å². The highest BCUT2D eigenvalue weighted by Gasteiger charge is 2.15. The summed E-state index contributed by atoms with van der Waals surface area (Å²) < 4.78 is 1.65. The fraction of sp³-hybridized carbons (Fsp3) is 0.600. The van der Waals surface area contributed by atoms with Crippen LogP contribution in [0.5, 0.6) is 0 Å². The summed E-state index contributed by atoms with van der Waals surface area (Å²) in [6, 6.07) is -0.0240. The van der Waals surface area contributed by atoms with Crippen LogP contribution in [0.15, 0.2) is 6.20 Å². The lowest BCUT2D eigenvalue weighted by Crippen LogP contribution is -2.34. The number of aromatic nitrogens is 2. The van der Waals surface area contributed by atoms with Crippen molar-refractivity contribution in [1.82, 2.24) is 15.1 Å². The molecule has 1 N–H and O–H groups in total. The molecule has 1 amide bonds. The molecule has 0 aliphatic heterocycles. The van der Waals surface area contributed by atoms with Crippen molar-refractivity contribution in [2.24, 2.45) is 7.05 Å². The zero-order chi connectivity index (χ0) is 11.4. The fourth-order valence-electron chi connectivity index (χ4n) is 1.33. The quantitative estimate of drug-likeness (QED) is 0.793. The van der Waals surface area contributed by atoms with E-state index >= 15 is 0 Å². The molecule has 4 nitrogen and oxygen atoms in total. The van der Waals surface area contributed by atoms with E-state index in [1.54, 1.807) is 17.9 Å². The van der Waals surface area contributed by atoms with Crippen LogP contribution in [-0.2, 0) is 13.5 Å². The minimum Gasteiger partial charge on any atom is -0.348 e. The molecule has 5 heteroatoms. The Morgan fingerprint density at radius 3 is 2.93 bits per heavy atom. The maximum atomic E-state index is 11.8. The largest absolute Gasteiger partial charge is 0.348 e. The molecule has 1 aromatic rings. The topological polar surface area (TPSA) is 46.9 Å². The first kappa shape index (κ1) is 12.0. The molecule has 1 atom stereocenters. The molecule has 0 aliphatic carbocycles. The van der Waals surface area contributed by atoms with E-state index in [1.807, 2.05) is 13.8 Å². The summed E-state index contributed by atoms with van der Waals surface area (Å²) >= 11 is 5.63. The Bertz CT molecular complexity index is 348. The van der Waals surface area contributed by atoms with Gasteiger partial charge in [0.1, 0.15) is 0 Å². The smallest absolute Gasteiger partial charge is 0.255 e. The highest BCUT2D eigenvalue weighted by Crippen LogP contribution is 2.07. The minimum absolute atomic E-state index is 0.0240. The number of rotatable bonds is 4. The van der Waals surface area contributed by atoms with E-state index in [4.69, 9.17) is 11.6 Å². The number of nitrogens with one attached hydrogen (secondary N) is 1. The molecule has 0 aliphatic rings. The molecule has 15 heavy (non-hydrogen) atoms. The van der Waals surface area contributed by atoms with Crippen molar-refractivity contribution < 1.29 is 4.79 Å². The van der Waals surface area contributed by atoms with Crippen LogP contribution in [-0.4, -0.2) is 27.6 Å². The standard InChI is InChI=1S/C10H16ClN3O/c1-4-9-8(6-14(3)13-9)10(15)12-7(2)5-11/h6-7H,4-5H2,1-3H3,(H,12,15). The molecule has 1 aromatic heterocycles. The number of halogens is 1. The van der Waals surface area contributed by atoms with E-state index in [2.05, 4.69) is 10.4 Å². The van der Waals surface area contributed by atoms with E-state index in [0.29, 0.717) is 11.4 Å². The lowest BCUT2D eigenvalue weighted by Gasteiger charge is -2.09. The highest BCUT2D eigenvalue weighted by atomic mass is 35.5. The number of alkyl halides is 1. The first-order chi connectivity index (χ1) is 7.08. The summed E-state index contributed by atoms with van der Waals surface area (Å²) in [5.74, 6) is 0.307. The second kappa shape index (κ2) is 5.16. The van der Waals surface area contributed by atoms with E-state index in [9.17, 15) is 4.79 Å². The van der Waals surface area contributed by atoms with Gasteiger partial charge in [0.2, 0.25) is 0 Å². The molecule has 0 bridgehead atoms. The summed E-state index contributed by atoms with van der Waals surface area (Å²) in [5, 5.41) is 7.02. The van der Waals surface area contributed by atoms with Gasteiger partial charge in [-0.2, -0.15) is 5.10 Å². The van der Waals surface area contributed by atoms with Crippen LogP contribution in [0.2, 0.25) is 0 Å². The van der Waals surface area contributed by atoms with E-state index < -0.39 is 0 Å². The summed E-state index contributed by atoms with van der Waals surface area (Å²) in [6.45, 7) is 3.84. The Hall–Kier alpha value is -1.03. The van der Waals surface area contributed by atoms with Crippen LogP contribution in [0.1, 0.15) is 29.9 Å². The summed E-state index contributed by atoms with van der Waals surface area (Å²) in [6.07, 6.45) is 2.48. The number of hydrogen-bond acceptors (Lipinski definition) is 2. The SMILES string of the molecule is CCc1nn(C)cc1C(=O)NC(C)CCl. The predicted molar refractivity (Wildman–Crippen MR) is 60.2 cm³/mol. The first-order valence-electron chi connectivity index (χ1n) is 4.97. The van der Waals surface area contributed by atoms with Gasteiger partial charge in [-0.25, -0.2) is 0 Å². The van der Waals surface area contributed by atoms with Gasteiger partial charge in [0.05, 0.1) is 11.3 Å². The van der Waals surface area contributed by atoms with Gasteiger partial charge in [0.25, 0.3) is 5.91 Å². The molecule has 1 rings (SSSR count). The molecular formula is C10H16ClN3O. The molecule has 0 radical (unpaired) electrons. The lowest BCUT2D eigenvalue weighted by molar-refractivity contribution is 0.0942. The summed E-state index contributed by atoms with van der Waals surface area (Å²) in [4.78, 5) is 11.8. The van der Waals surface area contributed by atoms with Gasteiger partial charge >= 0.3 is 0 Å². The minimum atomic E-state index is -0.104. The molecule has 0 spiro atoms. The number of nitrogens with zero attached hydrogens (tertiary/aromatic N) is 2. The first-order valence-corrected chi connectivity index (χ1v) is 5.51. The van der Waals surface area contributed by atoms with Crippen LogP contribution in [0.3, 0.4) is 0 Å². The summed E-state index contributed by atoms with van der Waals surface area (Å²) in [5.41, 5.74) is 1.45. The Balaban J connectivity index is 2.81. The zero-order valence-electron chi connectivity index (χ0n) is 9.25. The number of amides is 1. The van der Waals surface area contributed by atoms with Crippen molar-refractivity contribution >= 4 is 17.5 Å². The van der Waals surface area contributed by atoms with Gasteiger partial charge in [-0.1, -0.05) is 6.92 Å². The van der Waals surface area contributed by atoms with Crippen molar-refractivity contribution in [3.8, 4) is 0 Å². The number of aryl methyl sites for hydroxylation is 2. The van der Waals surface area contributed by atoms with Crippen LogP contribution in [0.25, 0.3) is 0 Å². The molecule has 0 saturated heterocycles. The molecule has 0 fully saturated rings. The summed E-state index contributed by atoms with van der Waals surface area (Å²) in [7, 11) is 1.81. The normalized spacial score (nSPS) is 12.5.